The molecule has 8 heteroatoms. The second-order valence-electron chi connectivity index (χ2n) is 3.87. The molecule has 1 aromatic rings. The van der Waals surface area contributed by atoms with Gasteiger partial charge in [-0.3, -0.25) is 24.5 Å². The molecular weight excluding hydrogens is 258 g/mol. The van der Waals surface area contributed by atoms with Gasteiger partial charge >= 0.3 is 11.9 Å². The van der Waals surface area contributed by atoms with E-state index in [0.29, 0.717) is 0 Å². The number of nitro benzene ring substituents is 1. The summed E-state index contributed by atoms with van der Waals surface area (Å²) in [5.41, 5.74) is -3.14. The lowest BCUT2D eigenvalue weighted by molar-refractivity contribution is -0.384. The lowest BCUT2D eigenvalue weighted by atomic mass is 9.82. The highest BCUT2D eigenvalue weighted by Gasteiger charge is 2.49. The maximum Gasteiger partial charge on any atom is 0.328 e. The summed E-state index contributed by atoms with van der Waals surface area (Å²) in [6, 6.07) is 4.03. The fourth-order valence-corrected chi connectivity index (χ4v) is 1.31. The van der Waals surface area contributed by atoms with Gasteiger partial charge in [0.2, 0.25) is 5.41 Å². The van der Waals surface area contributed by atoms with Gasteiger partial charge in [0.1, 0.15) is 0 Å². The van der Waals surface area contributed by atoms with Gasteiger partial charge in [0, 0.05) is 17.7 Å². The smallest absolute Gasteiger partial charge is 0.328 e. The molecule has 0 heterocycles. The van der Waals surface area contributed by atoms with Gasteiger partial charge in [0.05, 0.1) is 4.92 Å². The number of ketones is 1. The molecule has 0 unspecified atom stereocenters. The highest BCUT2D eigenvalue weighted by Crippen LogP contribution is 2.25. The predicted molar refractivity (Wildman–Crippen MR) is 60.8 cm³/mol. The van der Waals surface area contributed by atoms with E-state index in [1.807, 2.05) is 0 Å². The first-order chi connectivity index (χ1) is 8.71. The first kappa shape index (κ1) is 14.3. The molecule has 0 atom stereocenters. The van der Waals surface area contributed by atoms with Crippen molar-refractivity contribution in [2.24, 2.45) is 5.41 Å². The van der Waals surface area contributed by atoms with Crippen molar-refractivity contribution in [1.29, 1.82) is 0 Å². The standard InChI is InChI=1S/C11H9NO7/c1-11(9(14)15,10(16)17)8(13)6-2-4-7(5-3-6)12(18)19/h2-5H,1H3,(H,14,15)(H,16,17). The molecule has 8 nitrogen and oxygen atoms in total. The van der Waals surface area contributed by atoms with Gasteiger partial charge in [-0.05, 0) is 19.1 Å². The van der Waals surface area contributed by atoms with Crippen LogP contribution in [0.4, 0.5) is 5.69 Å². The van der Waals surface area contributed by atoms with Crippen molar-refractivity contribution in [3.8, 4) is 0 Å². The highest BCUT2D eigenvalue weighted by atomic mass is 16.6. The molecule has 19 heavy (non-hydrogen) atoms. The van der Waals surface area contributed by atoms with Gasteiger partial charge in [-0.15, -0.1) is 0 Å². The predicted octanol–water partition coefficient (Wildman–Crippen LogP) is 0.953. The third-order valence-electron chi connectivity index (χ3n) is 2.65. The van der Waals surface area contributed by atoms with Crippen molar-refractivity contribution in [3.05, 3.63) is 39.9 Å². The summed E-state index contributed by atoms with van der Waals surface area (Å²) in [5.74, 6) is -4.76. The molecule has 0 fully saturated rings. The molecule has 0 aliphatic rings. The van der Waals surface area contributed by atoms with Crippen LogP contribution >= 0.6 is 0 Å². The molecule has 0 saturated heterocycles. The zero-order chi connectivity index (χ0) is 14.8. The van der Waals surface area contributed by atoms with E-state index in [1.165, 1.54) is 0 Å². The molecular formula is C11H9NO7. The Hall–Kier alpha value is -2.77. The van der Waals surface area contributed by atoms with Crippen LogP contribution in [0.15, 0.2) is 24.3 Å². The van der Waals surface area contributed by atoms with E-state index in [1.54, 1.807) is 0 Å². The SMILES string of the molecule is CC(C(=O)O)(C(=O)O)C(=O)c1ccc([N+](=O)[O-])cc1. The normalized spacial score (nSPS) is 10.8. The van der Waals surface area contributed by atoms with Gasteiger partial charge < -0.3 is 10.2 Å². The topological polar surface area (TPSA) is 135 Å². The zero-order valence-electron chi connectivity index (χ0n) is 9.69. The Labute approximate surface area is 106 Å². The maximum atomic E-state index is 11.9. The Balaban J connectivity index is 3.22. The average Bonchev–Trinajstić information content (AvgIpc) is 2.36. The van der Waals surface area contributed by atoms with Gasteiger partial charge in [0.15, 0.2) is 5.78 Å². The molecule has 0 radical (unpaired) electrons. The maximum absolute atomic E-state index is 11.9. The van der Waals surface area contributed by atoms with Crippen molar-refractivity contribution >= 4 is 23.4 Å². The van der Waals surface area contributed by atoms with Crippen molar-refractivity contribution < 1.29 is 29.5 Å². The number of nitrogens with zero attached hydrogens (tertiary/aromatic N) is 1. The number of carbonyl (C=O) groups is 3. The number of Topliss-reactive ketones (excluding diaryl/α,β-unsaturated/α-hetero) is 1. The Morgan fingerprint density at radius 3 is 1.84 bits per heavy atom. The number of hydrogen-bond donors (Lipinski definition) is 2. The third-order valence-corrected chi connectivity index (χ3v) is 2.65. The Bertz CT molecular complexity index is 547. The van der Waals surface area contributed by atoms with E-state index in [4.69, 9.17) is 10.2 Å². The van der Waals surface area contributed by atoms with Crippen LogP contribution in [0.2, 0.25) is 0 Å². The van der Waals surface area contributed by atoms with E-state index in [0.717, 1.165) is 31.2 Å². The molecule has 100 valence electrons. The minimum atomic E-state index is -2.63. The zero-order valence-corrected chi connectivity index (χ0v) is 9.69. The number of carbonyl (C=O) groups excluding carboxylic acids is 1. The molecule has 0 spiro atoms. The van der Waals surface area contributed by atoms with Crippen LogP contribution in [-0.4, -0.2) is 32.9 Å². The lowest BCUT2D eigenvalue weighted by Crippen LogP contribution is -2.43. The molecule has 0 aliphatic carbocycles. The fourth-order valence-electron chi connectivity index (χ4n) is 1.31. The van der Waals surface area contributed by atoms with Crippen LogP contribution in [0.1, 0.15) is 17.3 Å². The van der Waals surface area contributed by atoms with Crippen LogP contribution in [-0.2, 0) is 9.59 Å². The first-order valence-corrected chi connectivity index (χ1v) is 4.97. The highest BCUT2D eigenvalue weighted by molar-refractivity contribution is 6.24. The summed E-state index contributed by atoms with van der Waals surface area (Å²) in [6.45, 7) is 0.765. The number of benzene rings is 1. The van der Waals surface area contributed by atoms with E-state index in [-0.39, 0.29) is 11.3 Å². The Morgan fingerprint density at radius 1 is 1.11 bits per heavy atom. The second kappa shape index (κ2) is 4.84. The van der Waals surface area contributed by atoms with Gasteiger partial charge in [-0.1, -0.05) is 0 Å². The van der Waals surface area contributed by atoms with Gasteiger partial charge in [0.25, 0.3) is 5.69 Å². The van der Waals surface area contributed by atoms with E-state index in [9.17, 15) is 24.5 Å². The number of carboxylic acids is 2. The monoisotopic (exact) mass is 267 g/mol. The summed E-state index contributed by atoms with van der Waals surface area (Å²) in [4.78, 5) is 43.5. The fraction of sp³-hybridized carbons (Fsp3) is 0.182. The number of nitro groups is 1. The number of carboxylic acid groups (broad SMARTS) is 2. The molecule has 2 N–H and O–H groups in total. The van der Waals surface area contributed by atoms with Crippen LogP contribution < -0.4 is 0 Å². The number of aliphatic carboxylic acids is 2. The lowest BCUT2D eigenvalue weighted by Gasteiger charge is -2.17. The molecule has 0 bridgehead atoms. The quantitative estimate of drug-likeness (QED) is 0.351. The molecule has 0 saturated carbocycles. The van der Waals surface area contributed by atoms with Gasteiger partial charge in [-0.2, -0.15) is 0 Å². The largest absolute Gasteiger partial charge is 0.480 e. The molecule has 0 aliphatic heterocycles. The first-order valence-electron chi connectivity index (χ1n) is 4.97. The van der Waals surface area contributed by atoms with Gasteiger partial charge in [-0.25, -0.2) is 0 Å². The van der Waals surface area contributed by atoms with Crippen LogP contribution in [0.3, 0.4) is 0 Å². The summed E-state index contributed by atoms with van der Waals surface area (Å²) in [6.07, 6.45) is 0. The van der Waals surface area contributed by atoms with Crippen molar-refractivity contribution in [3.63, 3.8) is 0 Å². The van der Waals surface area contributed by atoms with Crippen LogP contribution in [0, 0.1) is 15.5 Å². The third kappa shape index (κ3) is 2.41. The van der Waals surface area contributed by atoms with Crippen molar-refractivity contribution in [1.82, 2.24) is 0 Å². The van der Waals surface area contributed by atoms with Crippen molar-refractivity contribution in [2.45, 2.75) is 6.92 Å². The van der Waals surface area contributed by atoms with E-state index in [2.05, 4.69) is 0 Å². The summed E-state index contributed by atoms with van der Waals surface area (Å²) in [5, 5.41) is 28.2. The number of non-ortho nitro benzene ring substituents is 1. The van der Waals surface area contributed by atoms with Crippen LogP contribution in [0.25, 0.3) is 0 Å². The number of hydrogen-bond acceptors (Lipinski definition) is 5. The van der Waals surface area contributed by atoms with Crippen molar-refractivity contribution in [2.75, 3.05) is 0 Å². The summed E-state index contributed by atoms with van der Waals surface area (Å²) in [7, 11) is 0. The molecule has 0 aromatic heterocycles. The molecule has 1 aromatic carbocycles. The molecule has 0 amide bonds. The number of rotatable bonds is 5. The average molecular weight is 267 g/mol. The second-order valence-corrected chi connectivity index (χ2v) is 3.87. The Morgan fingerprint density at radius 2 is 1.53 bits per heavy atom. The van der Waals surface area contributed by atoms with Crippen LogP contribution in [0.5, 0.6) is 0 Å². The molecule has 1 rings (SSSR count). The van der Waals surface area contributed by atoms with E-state index < -0.39 is 28.1 Å². The Kier molecular flexibility index (Phi) is 3.64. The van der Waals surface area contributed by atoms with E-state index >= 15 is 0 Å². The minimum absolute atomic E-state index is 0.224. The minimum Gasteiger partial charge on any atom is -0.480 e. The summed E-state index contributed by atoms with van der Waals surface area (Å²) < 4.78 is 0. The summed E-state index contributed by atoms with van der Waals surface area (Å²) >= 11 is 0.